The average Bonchev–Trinajstić information content (AvgIpc) is 2.65. The summed E-state index contributed by atoms with van der Waals surface area (Å²) in [4.78, 5) is 26.9. The SMILES string of the molecule is CC(=O)N1CCC(C(=O)Nc2ccc(Br)c(C)c2)(c2ccccc2)CC1. The van der Waals surface area contributed by atoms with Gasteiger partial charge in [-0.3, -0.25) is 9.59 Å². The molecule has 0 bridgehead atoms. The Labute approximate surface area is 162 Å². The number of carbonyl (C=O) groups excluding carboxylic acids is 2. The Balaban J connectivity index is 1.89. The summed E-state index contributed by atoms with van der Waals surface area (Å²) in [5.74, 6) is 0.0595. The van der Waals surface area contributed by atoms with Crippen molar-refractivity contribution in [3.63, 3.8) is 0 Å². The Morgan fingerprint density at radius 3 is 2.31 bits per heavy atom. The molecule has 0 saturated carbocycles. The molecule has 0 aromatic heterocycles. The van der Waals surface area contributed by atoms with Crippen molar-refractivity contribution in [2.45, 2.75) is 32.1 Å². The maximum Gasteiger partial charge on any atom is 0.235 e. The second kappa shape index (κ2) is 7.62. The van der Waals surface area contributed by atoms with Crippen molar-refractivity contribution in [3.8, 4) is 0 Å². The molecular formula is C21H23BrN2O2. The van der Waals surface area contributed by atoms with Gasteiger partial charge in [0.05, 0.1) is 5.41 Å². The summed E-state index contributed by atoms with van der Waals surface area (Å²) in [5, 5.41) is 3.10. The van der Waals surface area contributed by atoms with Gasteiger partial charge >= 0.3 is 0 Å². The van der Waals surface area contributed by atoms with Gasteiger partial charge in [-0.15, -0.1) is 0 Å². The minimum Gasteiger partial charge on any atom is -0.343 e. The molecule has 2 aromatic carbocycles. The molecule has 2 aromatic rings. The number of rotatable bonds is 3. The topological polar surface area (TPSA) is 49.4 Å². The molecule has 1 N–H and O–H groups in total. The number of benzene rings is 2. The van der Waals surface area contributed by atoms with Crippen molar-refractivity contribution in [3.05, 3.63) is 64.1 Å². The fourth-order valence-corrected chi connectivity index (χ4v) is 3.83. The molecule has 1 aliphatic rings. The highest BCUT2D eigenvalue weighted by Crippen LogP contribution is 2.37. The molecule has 136 valence electrons. The largest absolute Gasteiger partial charge is 0.343 e. The maximum absolute atomic E-state index is 13.3. The van der Waals surface area contributed by atoms with Gasteiger partial charge in [-0.25, -0.2) is 0 Å². The highest BCUT2D eigenvalue weighted by molar-refractivity contribution is 9.10. The van der Waals surface area contributed by atoms with E-state index in [1.807, 2.05) is 60.4 Å². The first-order valence-corrected chi connectivity index (χ1v) is 9.60. The van der Waals surface area contributed by atoms with Crippen LogP contribution in [-0.4, -0.2) is 29.8 Å². The zero-order valence-electron chi connectivity index (χ0n) is 15.1. The zero-order valence-corrected chi connectivity index (χ0v) is 16.7. The van der Waals surface area contributed by atoms with Crippen LogP contribution in [0.2, 0.25) is 0 Å². The molecule has 2 amide bonds. The fourth-order valence-electron chi connectivity index (χ4n) is 3.58. The third-order valence-electron chi connectivity index (χ3n) is 5.24. The van der Waals surface area contributed by atoms with Gasteiger partial charge in [-0.05, 0) is 49.1 Å². The molecule has 1 aliphatic heterocycles. The molecule has 4 nitrogen and oxygen atoms in total. The van der Waals surface area contributed by atoms with E-state index in [2.05, 4.69) is 21.2 Å². The van der Waals surface area contributed by atoms with E-state index in [9.17, 15) is 9.59 Å². The molecular weight excluding hydrogens is 392 g/mol. The van der Waals surface area contributed by atoms with E-state index in [1.165, 1.54) is 0 Å². The molecule has 0 radical (unpaired) electrons. The number of anilines is 1. The van der Waals surface area contributed by atoms with Crippen LogP contribution in [-0.2, 0) is 15.0 Å². The van der Waals surface area contributed by atoms with Crippen molar-refractivity contribution >= 4 is 33.4 Å². The summed E-state index contributed by atoms with van der Waals surface area (Å²) in [5.41, 5.74) is 2.26. The van der Waals surface area contributed by atoms with Gasteiger partial charge in [0.1, 0.15) is 0 Å². The van der Waals surface area contributed by atoms with Crippen molar-refractivity contribution in [1.82, 2.24) is 4.90 Å². The zero-order chi connectivity index (χ0) is 18.7. The van der Waals surface area contributed by atoms with Gasteiger partial charge in [0, 0.05) is 30.2 Å². The van der Waals surface area contributed by atoms with Crippen LogP contribution >= 0.6 is 15.9 Å². The molecule has 0 unspecified atom stereocenters. The van der Waals surface area contributed by atoms with E-state index >= 15 is 0 Å². The van der Waals surface area contributed by atoms with Crippen LogP contribution < -0.4 is 5.32 Å². The Hall–Kier alpha value is -2.14. The van der Waals surface area contributed by atoms with Crippen LogP contribution in [0.4, 0.5) is 5.69 Å². The van der Waals surface area contributed by atoms with Gasteiger partial charge in [0.15, 0.2) is 0 Å². The lowest BCUT2D eigenvalue weighted by atomic mass is 9.72. The number of likely N-dealkylation sites (tertiary alicyclic amines) is 1. The molecule has 26 heavy (non-hydrogen) atoms. The number of halogens is 1. The number of piperidine rings is 1. The van der Waals surface area contributed by atoms with Gasteiger partial charge < -0.3 is 10.2 Å². The number of nitrogens with zero attached hydrogens (tertiary/aromatic N) is 1. The predicted molar refractivity (Wildman–Crippen MR) is 107 cm³/mol. The number of carbonyl (C=O) groups is 2. The highest BCUT2D eigenvalue weighted by atomic mass is 79.9. The Morgan fingerprint density at radius 1 is 1.08 bits per heavy atom. The van der Waals surface area contributed by atoms with E-state index < -0.39 is 5.41 Å². The van der Waals surface area contributed by atoms with Crippen LogP contribution in [0.3, 0.4) is 0 Å². The molecule has 0 spiro atoms. The first kappa shape index (κ1) is 18.6. The minimum absolute atomic E-state index is 0.00590. The second-order valence-electron chi connectivity index (χ2n) is 6.87. The highest BCUT2D eigenvalue weighted by Gasteiger charge is 2.43. The van der Waals surface area contributed by atoms with E-state index in [0.717, 1.165) is 21.3 Å². The monoisotopic (exact) mass is 414 g/mol. The molecule has 1 fully saturated rings. The predicted octanol–water partition coefficient (Wildman–Crippen LogP) is 4.28. The summed E-state index contributed by atoms with van der Waals surface area (Å²) in [6.45, 7) is 4.77. The van der Waals surface area contributed by atoms with E-state index in [1.54, 1.807) is 6.92 Å². The third kappa shape index (κ3) is 3.68. The molecule has 0 atom stereocenters. The third-order valence-corrected chi connectivity index (χ3v) is 6.13. The number of amides is 2. The summed E-state index contributed by atoms with van der Waals surface area (Å²) in [7, 11) is 0. The number of hydrogen-bond acceptors (Lipinski definition) is 2. The molecule has 0 aliphatic carbocycles. The van der Waals surface area contributed by atoms with Gasteiger partial charge in [0.25, 0.3) is 0 Å². The lowest BCUT2D eigenvalue weighted by molar-refractivity contribution is -0.133. The summed E-state index contributed by atoms with van der Waals surface area (Å²) < 4.78 is 1.02. The normalized spacial score (nSPS) is 16.2. The van der Waals surface area contributed by atoms with Crippen LogP contribution in [0.25, 0.3) is 0 Å². The molecule has 5 heteroatoms. The number of nitrogens with one attached hydrogen (secondary N) is 1. The average molecular weight is 415 g/mol. The van der Waals surface area contributed by atoms with Crippen LogP contribution in [0.15, 0.2) is 53.0 Å². The first-order valence-electron chi connectivity index (χ1n) is 8.81. The summed E-state index contributed by atoms with van der Waals surface area (Å²) >= 11 is 3.49. The molecule has 3 rings (SSSR count). The Kier molecular flexibility index (Phi) is 5.47. The van der Waals surface area contributed by atoms with Crippen LogP contribution in [0.5, 0.6) is 0 Å². The minimum atomic E-state index is -0.617. The van der Waals surface area contributed by atoms with E-state index in [4.69, 9.17) is 0 Å². The van der Waals surface area contributed by atoms with Crippen molar-refractivity contribution in [2.24, 2.45) is 0 Å². The van der Waals surface area contributed by atoms with Crippen molar-refractivity contribution in [2.75, 3.05) is 18.4 Å². The van der Waals surface area contributed by atoms with Crippen molar-refractivity contribution < 1.29 is 9.59 Å². The standard InChI is InChI=1S/C21H23BrN2O2/c1-15-14-18(8-9-19(15)22)23-20(26)21(17-6-4-3-5-7-17)10-12-24(13-11-21)16(2)25/h3-9,14H,10-13H2,1-2H3,(H,23,26). The van der Waals surface area contributed by atoms with Gasteiger partial charge in [0.2, 0.25) is 11.8 Å². The molecule has 1 saturated heterocycles. The fraction of sp³-hybridized carbons (Fsp3) is 0.333. The Morgan fingerprint density at radius 2 is 1.73 bits per heavy atom. The van der Waals surface area contributed by atoms with Gasteiger partial charge in [-0.2, -0.15) is 0 Å². The maximum atomic E-state index is 13.3. The van der Waals surface area contributed by atoms with E-state index in [-0.39, 0.29) is 11.8 Å². The van der Waals surface area contributed by atoms with Crippen LogP contribution in [0, 0.1) is 6.92 Å². The van der Waals surface area contributed by atoms with E-state index in [0.29, 0.717) is 25.9 Å². The number of hydrogen-bond donors (Lipinski definition) is 1. The summed E-state index contributed by atoms with van der Waals surface area (Å²) in [6.07, 6.45) is 1.25. The van der Waals surface area contributed by atoms with Crippen molar-refractivity contribution in [1.29, 1.82) is 0 Å². The quantitative estimate of drug-likeness (QED) is 0.814. The molecule has 1 heterocycles. The van der Waals surface area contributed by atoms with Gasteiger partial charge in [-0.1, -0.05) is 46.3 Å². The Bertz CT molecular complexity index is 812. The number of aryl methyl sites for hydroxylation is 1. The second-order valence-corrected chi connectivity index (χ2v) is 7.73. The smallest absolute Gasteiger partial charge is 0.235 e. The summed E-state index contributed by atoms with van der Waals surface area (Å²) in [6, 6.07) is 15.7. The first-order chi connectivity index (χ1) is 12.4. The lowest BCUT2D eigenvalue weighted by Gasteiger charge is -2.40. The van der Waals surface area contributed by atoms with Crippen LogP contribution in [0.1, 0.15) is 30.9 Å². The lowest BCUT2D eigenvalue weighted by Crippen LogP contribution is -2.50.